The highest BCUT2D eigenvalue weighted by Crippen LogP contribution is 2.19. The fourth-order valence-corrected chi connectivity index (χ4v) is 3.61. The van der Waals surface area contributed by atoms with Gasteiger partial charge in [-0.15, -0.1) is 11.3 Å². The van der Waals surface area contributed by atoms with Crippen LogP contribution >= 0.6 is 11.3 Å². The van der Waals surface area contributed by atoms with Crippen LogP contribution in [-0.2, 0) is 17.6 Å². The third-order valence-corrected chi connectivity index (χ3v) is 5.08. The van der Waals surface area contributed by atoms with Gasteiger partial charge in [-0.2, -0.15) is 0 Å². The lowest BCUT2D eigenvalue weighted by molar-refractivity contribution is -0.123. The number of nitrogens with zero attached hydrogens (tertiary/aromatic N) is 2. The average molecular weight is 319 g/mol. The molecule has 2 aromatic heterocycles. The van der Waals surface area contributed by atoms with E-state index in [1.54, 1.807) is 17.7 Å². The maximum atomic E-state index is 12.3. The average Bonchev–Trinajstić information content (AvgIpc) is 3.10. The van der Waals surface area contributed by atoms with Gasteiger partial charge in [-0.05, 0) is 20.3 Å². The van der Waals surface area contributed by atoms with E-state index in [1.165, 1.54) is 4.88 Å². The first-order valence-electron chi connectivity index (χ1n) is 7.61. The number of amides is 1. The molecule has 118 valence electrons. The second-order valence-electron chi connectivity index (χ2n) is 5.55. The topological polar surface area (TPSA) is 82.7 Å². The first kappa shape index (κ1) is 15.2. The fraction of sp³-hybridized carbons (Fsp3) is 0.533. The SMILES string of the molecule is Cc1nc(CCCNC(=O)[C@@H]2NCCc3[nH]cnc32)sc1C. The van der Waals surface area contributed by atoms with Gasteiger partial charge in [0.15, 0.2) is 0 Å². The van der Waals surface area contributed by atoms with Crippen molar-refractivity contribution in [1.29, 1.82) is 0 Å². The molecule has 0 saturated heterocycles. The summed E-state index contributed by atoms with van der Waals surface area (Å²) in [5.74, 6) is -0.000417. The number of fused-ring (bicyclic) bond motifs is 1. The standard InChI is InChI=1S/C15H21N5OS/c1-9-10(2)22-12(20-9)4-3-6-17-15(21)14-13-11(5-7-16-14)18-8-19-13/h8,14,16H,3-7H2,1-2H3,(H,17,21)(H,18,19)/t14-/m1/s1. The number of carbonyl (C=O) groups is 1. The van der Waals surface area contributed by atoms with Gasteiger partial charge in [-0.3, -0.25) is 4.79 Å². The number of thiazole rings is 1. The number of imidazole rings is 1. The normalized spacial score (nSPS) is 17.3. The molecule has 1 atom stereocenters. The molecule has 1 amide bonds. The van der Waals surface area contributed by atoms with Crippen molar-refractivity contribution < 1.29 is 4.79 Å². The zero-order valence-electron chi connectivity index (χ0n) is 12.9. The molecule has 0 spiro atoms. The number of carbonyl (C=O) groups excluding carboxylic acids is 1. The molecule has 3 N–H and O–H groups in total. The summed E-state index contributed by atoms with van der Waals surface area (Å²) in [5.41, 5.74) is 3.00. The maximum absolute atomic E-state index is 12.3. The van der Waals surface area contributed by atoms with Crippen LogP contribution in [0.4, 0.5) is 0 Å². The molecule has 3 heterocycles. The Kier molecular flexibility index (Phi) is 4.54. The van der Waals surface area contributed by atoms with Gasteiger partial charge in [-0.25, -0.2) is 9.97 Å². The molecule has 0 unspecified atom stereocenters. The molecular weight excluding hydrogens is 298 g/mol. The molecule has 0 saturated carbocycles. The monoisotopic (exact) mass is 319 g/mol. The van der Waals surface area contributed by atoms with Crippen LogP contribution in [0.15, 0.2) is 6.33 Å². The van der Waals surface area contributed by atoms with E-state index in [0.717, 1.165) is 47.9 Å². The molecular formula is C15H21N5OS. The number of hydrogen-bond donors (Lipinski definition) is 3. The highest BCUT2D eigenvalue weighted by atomic mass is 32.1. The lowest BCUT2D eigenvalue weighted by Crippen LogP contribution is -2.41. The number of aromatic nitrogens is 3. The Hall–Kier alpha value is -1.73. The van der Waals surface area contributed by atoms with Gasteiger partial charge in [0.1, 0.15) is 6.04 Å². The van der Waals surface area contributed by atoms with Gasteiger partial charge < -0.3 is 15.6 Å². The molecule has 22 heavy (non-hydrogen) atoms. The predicted octanol–water partition coefficient (Wildman–Crippen LogP) is 1.42. The van der Waals surface area contributed by atoms with Crippen molar-refractivity contribution in [2.45, 2.75) is 39.2 Å². The molecule has 0 aliphatic carbocycles. The van der Waals surface area contributed by atoms with Crippen molar-refractivity contribution in [3.63, 3.8) is 0 Å². The van der Waals surface area contributed by atoms with Crippen molar-refractivity contribution in [3.05, 3.63) is 33.3 Å². The van der Waals surface area contributed by atoms with Crippen LogP contribution in [0.5, 0.6) is 0 Å². The smallest absolute Gasteiger partial charge is 0.243 e. The summed E-state index contributed by atoms with van der Waals surface area (Å²) >= 11 is 1.74. The lowest BCUT2D eigenvalue weighted by Gasteiger charge is -2.22. The Morgan fingerprint density at radius 1 is 1.50 bits per heavy atom. The maximum Gasteiger partial charge on any atom is 0.243 e. The number of rotatable bonds is 5. The molecule has 1 aliphatic heterocycles. The van der Waals surface area contributed by atoms with Crippen LogP contribution < -0.4 is 10.6 Å². The van der Waals surface area contributed by atoms with E-state index in [1.807, 2.05) is 6.92 Å². The summed E-state index contributed by atoms with van der Waals surface area (Å²) in [6.07, 6.45) is 4.36. The van der Waals surface area contributed by atoms with E-state index < -0.39 is 0 Å². The minimum absolute atomic E-state index is 0.000417. The lowest BCUT2D eigenvalue weighted by atomic mass is 10.1. The highest BCUT2D eigenvalue weighted by Gasteiger charge is 2.27. The van der Waals surface area contributed by atoms with E-state index in [4.69, 9.17) is 0 Å². The number of hydrogen-bond acceptors (Lipinski definition) is 5. The van der Waals surface area contributed by atoms with Gasteiger partial charge >= 0.3 is 0 Å². The van der Waals surface area contributed by atoms with Crippen LogP contribution in [-0.4, -0.2) is 33.9 Å². The molecule has 7 heteroatoms. The Morgan fingerprint density at radius 3 is 3.14 bits per heavy atom. The summed E-state index contributed by atoms with van der Waals surface area (Å²) in [4.78, 5) is 25.4. The van der Waals surface area contributed by atoms with Crippen molar-refractivity contribution >= 4 is 17.2 Å². The second-order valence-corrected chi connectivity index (χ2v) is 6.83. The van der Waals surface area contributed by atoms with E-state index in [-0.39, 0.29) is 11.9 Å². The first-order chi connectivity index (χ1) is 10.6. The van der Waals surface area contributed by atoms with E-state index in [0.29, 0.717) is 6.54 Å². The summed E-state index contributed by atoms with van der Waals surface area (Å²) in [7, 11) is 0. The van der Waals surface area contributed by atoms with Crippen LogP contribution in [0.1, 0.15) is 39.4 Å². The van der Waals surface area contributed by atoms with E-state index in [9.17, 15) is 4.79 Å². The van der Waals surface area contributed by atoms with Gasteiger partial charge in [0.2, 0.25) is 5.91 Å². The van der Waals surface area contributed by atoms with Gasteiger partial charge in [0.25, 0.3) is 0 Å². The van der Waals surface area contributed by atoms with Crippen LogP contribution in [0.25, 0.3) is 0 Å². The number of nitrogens with one attached hydrogen (secondary N) is 3. The molecule has 2 aromatic rings. The zero-order chi connectivity index (χ0) is 15.5. The Labute approximate surface area is 133 Å². The minimum atomic E-state index is -0.334. The Bertz CT molecular complexity index is 643. The van der Waals surface area contributed by atoms with Crippen molar-refractivity contribution in [2.24, 2.45) is 0 Å². The van der Waals surface area contributed by atoms with Crippen molar-refractivity contribution in [1.82, 2.24) is 25.6 Å². The molecule has 0 aromatic carbocycles. The van der Waals surface area contributed by atoms with Gasteiger partial charge in [0, 0.05) is 36.5 Å². The first-order valence-corrected chi connectivity index (χ1v) is 8.43. The molecule has 1 aliphatic rings. The van der Waals surface area contributed by atoms with Crippen LogP contribution in [0, 0.1) is 13.8 Å². The largest absolute Gasteiger partial charge is 0.354 e. The van der Waals surface area contributed by atoms with E-state index >= 15 is 0 Å². The number of aryl methyl sites for hydroxylation is 3. The third kappa shape index (κ3) is 3.20. The molecule has 3 rings (SSSR count). The molecule has 6 nitrogen and oxygen atoms in total. The molecule has 0 bridgehead atoms. The molecule has 0 fully saturated rings. The summed E-state index contributed by atoms with van der Waals surface area (Å²) in [5, 5.41) is 7.37. The second kappa shape index (κ2) is 6.58. The Balaban J connectivity index is 1.47. The zero-order valence-corrected chi connectivity index (χ0v) is 13.7. The van der Waals surface area contributed by atoms with Gasteiger partial charge in [0.05, 0.1) is 22.7 Å². The number of aromatic amines is 1. The summed E-state index contributed by atoms with van der Waals surface area (Å²) < 4.78 is 0. The predicted molar refractivity (Wildman–Crippen MR) is 86.0 cm³/mol. The van der Waals surface area contributed by atoms with E-state index in [2.05, 4.69) is 32.5 Å². The highest BCUT2D eigenvalue weighted by molar-refractivity contribution is 7.11. The fourth-order valence-electron chi connectivity index (χ4n) is 2.64. The molecule has 0 radical (unpaired) electrons. The van der Waals surface area contributed by atoms with Crippen LogP contribution in [0.3, 0.4) is 0 Å². The number of H-pyrrole nitrogens is 1. The third-order valence-electron chi connectivity index (χ3n) is 3.95. The minimum Gasteiger partial charge on any atom is -0.354 e. The Morgan fingerprint density at radius 2 is 2.36 bits per heavy atom. The van der Waals surface area contributed by atoms with Crippen molar-refractivity contribution in [2.75, 3.05) is 13.1 Å². The summed E-state index contributed by atoms with van der Waals surface area (Å²) in [6, 6.07) is -0.334. The quantitative estimate of drug-likeness (QED) is 0.728. The van der Waals surface area contributed by atoms with Gasteiger partial charge in [-0.1, -0.05) is 0 Å². The van der Waals surface area contributed by atoms with Crippen molar-refractivity contribution in [3.8, 4) is 0 Å². The van der Waals surface area contributed by atoms with Crippen LogP contribution in [0.2, 0.25) is 0 Å². The summed E-state index contributed by atoms with van der Waals surface area (Å²) in [6.45, 7) is 5.58.